The van der Waals surface area contributed by atoms with Gasteiger partial charge >= 0.3 is 0 Å². The molecule has 162 valence electrons. The molecule has 2 aliphatic rings. The Morgan fingerprint density at radius 2 is 0.767 bits per heavy atom. The molecule has 0 saturated heterocycles. The third-order valence-corrected chi connectivity index (χ3v) is 24.3. The summed E-state index contributed by atoms with van der Waals surface area (Å²) in [6, 6.07) is 0. The molecular weight excluding hydrogens is 408 g/mol. The van der Waals surface area contributed by atoms with Crippen LogP contribution in [0.15, 0.2) is 45.8 Å². The molecule has 2 rings (SSSR count). The molecule has 30 heavy (non-hydrogen) atoms. The van der Waals surface area contributed by atoms with Gasteiger partial charge in [0.1, 0.15) is 0 Å². The first kappa shape index (κ1) is 24.3. The number of allylic oxidation sites excluding steroid dienone is 8. The summed E-state index contributed by atoms with van der Waals surface area (Å²) in [6.07, 6.45) is 5.99. The summed E-state index contributed by atoms with van der Waals surface area (Å²) >= 11 is 0. The minimum Gasteiger partial charge on any atom is -0.290 e. The van der Waals surface area contributed by atoms with Gasteiger partial charge in [0.2, 0.25) is 0 Å². The summed E-state index contributed by atoms with van der Waals surface area (Å²) in [4.78, 5) is 51.8. The molecule has 0 radical (unpaired) electrons. The second kappa shape index (κ2) is 7.34. The Kier molecular flexibility index (Phi) is 5.96. The van der Waals surface area contributed by atoms with Gasteiger partial charge in [0.05, 0.1) is 15.2 Å². The molecule has 0 aliphatic heterocycles. The Bertz CT molecular complexity index is 892. The monoisotopic (exact) mass is 442 g/mol. The molecule has 0 spiro atoms. The normalized spacial score (nSPS) is 19.4. The minimum atomic E-state index is -2.54. The highest BCUT2D eigenvalue weighted by Crippen LogP contribution is 2.39. The fraction of sp³-hybridized carbons (Fsp3) is 0.500. The molecule has 4 nitrogen and oxygen atoms in total. The number of ketones is 4. The van der Waals surface area contributed by atoms with Gasteiger partial charge in [-0.15, -0.1) is 0 Å². The van der Waals surface area contributed by atoms with Crippen LogP contribution in [0.1, 0.15) is 41.5 Å². The van der Waals surface area contributed by atoms with E-state index in [0.29, 0.717) is 21.5 Å². The van der Waals surface area contributed by atoms with E-state index in [1.54, 1.807) is 0 Å². The van der Waals surface area contributed by atoms with Crippen LogP contribution < -0.4 is 0 Å². The molecule has 2 aliphatic carbocycles. The van der Waals surface area contributed by atoms with E-state index in [4.69, 9.17) is 0 Å². The van der Waals surface area contributed by atoms with Crippen molar-refractivity contribution in [3.05, 3.63) is 45.8 Å². The smallest absolute Gasteiger partial charge is 0.182 e. The first-order valence-electron chi connectivity index (χ1n) is 10.4. The van der Waals surface area contributed by atoms with Crippen LogP contribution in [0.3, 0.4) is 0 Å². The van der Waals surface area contributed by atoms with Gasteiger partial charge in [-0.2, -0.15) is 0 Å². The fourth-order valence-corrected chi connectivity index (χ4v) is 12.9. The number of carbonyl (C=O) groups excluding carboxylic acids is 4. The molecule has 0 atom stereocenters. The van der Waals surface area contributed by atoms with Gasteiger partial charge in [-0.25, -0.2) is 0 Å². The Balaban J connectivity index is 2.51. The zero-order valence-electron chi connectivity index (χ0n) is 19.9. The van der Waals surface area contributed by atoms with Crippen LogP contribution in [0.4, 0.5) is 0 Å². The van der Waals surface area contributed by atoms with E-state index < -0.39 is 26.0 Å². The van der Waals surface area contributed by atoms with E-state index in [2.05, 4.69) is 0 Å². The van der Waals surface area contributed by atoms with Gasteiger partial charge in [0, 0.05) is 11.1 Å². The molecule has 0 aromatic rings. The predicted octanol–water partition coefficient (Wildman–Crippen LogP) is 4.66. The first-order chi connectivity index (χ1) is 13.3. The summed E-state index contributed by atoms with van der Waals surface area (Å²) in [5.74, 6) is -0.509. The van der Waals surface area contributed by atoms with Gasteiger partial charge in [-0.05, 0) is 45.5 Å². The SMILES string of the molecule is CC(C)(C)C1=CC(=O)C([Si](C)(C)[Si](C)(C)C2=CC(=O)C(C(C)(C)C)=CC2=O)=CC1=O. The quantitative estimate of drug-likeness (QED) is 0.471. The topological polar surface area (TPSA) is 68.3 Å². The highest BCUT2D eigenvalue weighted by molar-refractivity contribution is 7.48. The summed E-state index contributed by atoms with van der Waals surface area (Å²) in [7, 11) is -5.07. The molecular formula is C24H34O4Si2. The molecule has 0 unspecified atom stereocenters. The zero-order chi connectivity index (χ0) is 23.4. The average molecular weight is 443 g/mol. The van der Waals surface area contributed by atoms with Crippen molar-refractivity contribution in [1.82, 2.24) is 0 Å². The van der Waals surface area contributed by atoms with E-state index in [1.165, 1.54) is 24.3 Å². The lowest BCUT2D eigenvalue weighted by Gasteiger charge is -2.42. The maximum atomic E-state index is 13.1. The second-order valence-corrected chi connectivity index (χ2v) is 26.5. The molecule has 0 amide bonds. The minimum absolute atomic E-state index is 0.127. The number of hydrogen-bond donors (Lipinski definition) is 0. The number of hydrogen-bond acceptors (Lipinski definition) is 4. The van der Waals surface area contributed by atoms with Crippen LogP contribution in [0.5, 0.6) is 0 Å². The molecule has 0 N–H and O–H groups in total. The van der Waals surface area contributed by atoms with Crippen LogP contribution in [0, 0.1) is 10.8 Å². The van der Waals surface area contributed by atoms with Crippen LogP contribution in [-0.4, -0.2) is 38.3 Å². The van der Waals surface area contributed by atoms with Crippen molar-refractivity contribution in [1.29, 1.82) is 0 Å². The van der Waals surface area contributed by atoms with Crippen molar-refractivity contribution < 1.29 is 19.2 Å². The van der Waals surface area contributed by atoms with Gasteiger partial charge in [0.15, 0.2) is 23.1 Å². The van der Waals surface area contributed by atoms with E-state index in [-0.39, 0.29) is 23.1 Å². The van der Waals surface area contributed by atoms with Gasteiger partial charge in [-0.1, -0.05) is 67.7 Å². The second-order valence-electron chi connectivity index (χ2n) is 11.4. The average Bonchev–Trinajstić information content (AvgIpc) is 2.55. The van der Waals surface area contributed by atoms with Crippen LogP contribution in [-0.2, 0) is 19.2 Å². The standard InChI is InChI=1S/C24H34O4Si2/c1-23(2,3)15-11-19(27)21(13-17(15)25)29(7,8)30(9,10)22-14-18(26)16(12-20(22)28)24(4,5)6/h11-14H,1-10H3. The van der Waals surface area contributed by atoms with Gasteiger partial charge in [-0.3, -0.25) is 19.2 Å². The fourth-order valence-electron chi connectivity index (χ4n) is 3.94. The molecule has 0 fully saturated rings. The summed E-state index contributed by atoms with van der Waals surface area (Å²) < 4.78 is 0. The Morgan fingerprint density at radius 3 is 1.00 bits per heavy atom. The van der Waals surface area contributed by atoms with E-state index in [1.807, 2.05) is 67.7 Å². The maximum Gasteiger partial charge on any atom is 0.182 e. The van der Waals surface area contributed by atoms with Gasteiger partial charge in [0.25, 0.3) is 0 Å². The summed E-state index contributed by atoms with van der Waals surface area (Å²) in [6.45, 7) is 19.7. The highest BCUT2D eigenvalue weighted by Gasteiger charge is 2.51. The van der Waals surface area contributed by atoms with E-state index in [9.17, 15) is 19.2 Å². The zero-order valence-corrected chi connectivity index (χ0v) is 21.9. The van der Waals surface area contributed by atoms with E-state index in [0.717, 1.165) is 0 Å². The Labute approximate surface area is 182 Å². The molecule has 0 aromatic carbocycles. The predicted molar refractivity (Wildman–Crippen MR) is 126 cm³/mol. The maximum absolute atomic E-state index is 13.1. The lowest BCUT2D eigenvalue weighted by Crippen LogP contribution is -2.61. The molecule has 0 saturated carbocycles. The Morgan fingerprint density at radius 1 is 0.500 bits per heavy atom. The number of carbonyl (C=O) groups is 4. The van der Waals surface area contributed by atoms with Crippen molar-refractivity contribution >= 4 is 38.3 Å². The van der Waals surface area contributed by atoms with Crippen molar-refractivity contribution in [2.24, 2.45) is 10.8 Å². The van der Waals surface area contributed by atoms with Crippen molar-refractivity contribution in [2.75, 3.05) is 0 Å². The highest BCUT2D eigenvalue weighted by atomic mass is 29.3. The Hall–Kier alpha value is -1.93. The summed E-state index contributed by atoms with van der Waals surface area (Å²) in [5, 5.41) is 1.12. The molecule has 6 heteroatoms. The van der Waals surface area contributed by atoms with Crippen molar-refractivity contribution in [3.63, 3.8) is 0 Å². The molecule has 0 heterocycles. The largest absolute Gasteiger partial charge is 0.290 e. The van der Waals surface area contributed by atoms with Crippen LogP contribution in [0.25, 0.3) is 0 Å². The molecule has 0 aromatic heterocycles. The lowest BCUT2D eigenvalue weighted by atomic mass is 9.81. The van der Waals surface area contributed by atoms with E-state index >= 15 is 0 Å². The third-order valence-electron chi connectivity index (χ3n) is 6.69. The van der Waals surface area contributed by atoms with Gasteiger partial charge < -0.3 is 0 Å². The third kappa shape index (κ3) is 4.12. The van der Waals surface area contributed by atoms with Crippen LogP contribution >= 0.6 is 0 Å². The number of rotatable bonds is 3. The van der Waals surface area contributed by atoms with Crippen LogP contribution in [0.2, 0.25) is 26.2 Å². The lowest BCUT2D eigenvalue weighted by molar-refractivity contribution is -0.115. The molecule has 0 bridgehead atoms. The summed E-state index contributed by atoms with van der Waals surface area (Å²) in [5.41, 5.74) is 0.217. The first-order valence-corrected chi connectivity index (χ1v) is 17.4. The van der Waals surface area contributed by atoms with Crippen molar-refractivity contribution in [2.45, 2.75) is 67.7 Å². The van der Waals surface area contributed by atoms with Crippen molar-refractivity contribution in [3.8, 4) is 0 Å².